The molecule has 0 aliphatic carbocycles. The van der Waals surface area contributed by atoms with Crippen molar-refractivity contribution in [3.8, 4) is 0 Å². The second-order valence-corrected chi connectivity index (χ2v) is 6.87. The minimum absolute atomic E-state index is 0.111. The number of carbonyl (C=O) groups excluding carboxylic acids is 1. The van der Waals surface area contributed by atoms with Gasteiger partial charge in [-0.1, -0.05) is 30.3 Å². The molecule has 0 saturated heterocycles. The van der Waals surface area contributed by atoms with E-state index in [9.17, 15) is 4.79 Å². The lowest BCUT2D eigenvalue weighted by molar-refractivity contribution is 0.0728. The van der Waals surface area contributed by atoms with Crippen molar-refractivity contribution in [2.45, 2.75) is 19.1 Å². The van der Waals surface area contributed by atoms with Gasteiger partial charge in [0.2, 0.25) is 5.89 Å². The van der Waals surface area contributed by atoms with E-state index in [2.05, 4.69) is 15.1 Å². The molecule has 0 N–H and O–H groups in total. The summed E-state index contributed by atoms with van der Waals surface area (Å²) in [6.07, 6.45) is 5.21. The molecule has 0 radical (unpaired) electrons. The Labute approximate surface area is 166 Å². The van der Waals surface area contributed by atoms with Crippen molar-refractivity contribution >= 4 is 11.6 Å². The molecule has 8 nitrogen and oxygen atoms in total. The van der Waals surface area contributed by atoms with Gasteiger partial charge in [0, 0.05) is 32.5 Å². The third-order valence-corrected chi connectivity index (χ3v) is 5.10. The van der Waals surface area contributed by atoms with Crippen LogP contribution in [0.5, 0.6) is 0 Å². The summed E-state index contributed by atoms with van der Waals surface area (Å²) >= 11 is 0. The molecular formula is C21H19N5O3. The molecule has 1 atom stereocenters. The standard InChI is InChI=1S/C21H19N5O3/c1-28-18(14-6-3-2-4-7-14)20-24-16-13-25(11-8-17(16)29-20)21(27)15-12-23-26-10-5-9-22-19(15)26/h2-7,9-10,12,18H,8,11,13H2,1H3. The van der Waals surface area contributed by atoms with Crippen LogP contribution in [-0.2, 0) is 17.7 Å². The van der Waals surface area contributed by atoms with Gasteiger partial charge in [-0.25, -0.2) is 14.5 Å². The fraction of sp³-hybridized carbons (Fsp3) is 0.238. The number of rotatable bonds is 4. The minimum atomic E-state index is -0.380. The summed E-state index contributed by atoms with van der Waals surface area (Å²) in [7, 11) is 1.63. The first-order valence-electron chi connectivity index (χ1n) is 9.38. The quantitative estimate of drug-likeness (QED) is 0.533. The third-order valence-electron chi connectivity index (χ3n) is 5.10. The van der Waals surface area contributed by atoms with Gasteiger partial charge in [-0.15, -0.1) is 0 Å². The van der Waals surface area contributed by atoms with Crippen molar-refractivity contribution in [1.29, 1.82) is 0 Å². The fourth-order valence-corrected chi connectivity index (χ4v) is 3.66. The van der Waals surface area contributed by atoms with Gasteiger partial charge in [-0.3, -0.25) is 4.79 Å². The number of hydrogen-bond acceptors (Lipinski definition) is 6. The zero-order chi connectivity index (χ0) is 19.8. The number of carbonyl (C=O) groups is 1. The summed E-state index contributed by atoms with van der Waals surface area (Å²) in [6, 6.07) is 11.6. The van der Waals surface area contributed by atoms with Crippen LogP contribution < -0.4 is 0 Å². The molecule has 3 aromatic heterocycles. The highest BCUT2D eigenvalue weighted by Crippen LogP contribution is 2.29. The molecule has 4 aromatic rings. The van der Waals surface area contributed by atoms with Gasteiger partial charge in [0.05, 0.1) is 12.7 Å². The zero-order valence-electron chi connectivity index (χ0n) is 15.9. The monoisotopic (exact) mass is 389 g/mol. The van der Waals surface area contributed by atoms with Crippen LogP contribution in [0.25, 0.3) is 5.65 Å². The predicted octanol–water partition coefficient (Wildman–Crippen LogP) is 2.65. The number of benzene rings is 1. The molecule has 0 saturated carbocycles. The molecule has 0 fully saturated rings. The Hall–Kier alpha value is -3.52. The van der Waals surface area contributed by atoms with Crippen molar-refractivity contribution < 1.29 is 13.9 Å². The van der Waals surface area contributed by atoms with Crippen molar-refractivity contribution in [2.75, 3.05) is 13.7 Å². The second kappa shape index (κ2) is 7.14. The summed E-state index contributed by atoms with van der Waals surface area (Å²) in [5, 5.41) is 4.21. The van der Waals surface area contributed by atoms with Gasteiger partial charge >= 0.3 is 0 Å². The number of ether oxygens (including phenoxy) is 1. The molecule has 1 aliphatic heterocycles. The molecule has 1 aromatic carbocycles. The van der Waals surface area contributed by atoms with Gasteiger partial charge < -0.3 is 14.1 Å². The highest BCUT2D eigenvalue weighted by molar-refractivity contribution is 5.99. The van der Waals surface area contributed by atoms with E-state index in [4.69, 9.17) is 9.15 Å². The maximum Gasteiger partial charge on any atom is 0.259 e. The number of nitrogens with zero attached hydrogens (tertiary/aromatic N) is 5. The molecule has 5 rings (SSSR count). The van der Waals surface area contributed by atoms with Gasteiger partial charge in [-0.2, -0.15) is 5.10 Å². The minimum Gasteiger partial charge on any atom is -0.442 e. The zero-order valence-corrected chi connectivity index (χ0v) is 15.9. The number of fused-ring (bicyclic) bond motifs is 2. The summed E-state index contributed by atoms with van der Waals surface area (Å²) in [5.74, 6) is 1.20. The van der Waals surface area contributed by atoms with Gasteiger partial charge in [-0.05, 0) is 11.6 Å². The Kier molecular flexibility index (Phi) is 4.33. The van der Waals surface area contributed by atoms with Crippen molar-refractivity contribution in [3.63, 3.8) is 0 Å². The molecule has 0 spiro atoms. The summed E-state index contributed by atoms with van der Waals surface area (Å²) < 4.78 is 13.2. The van der Waals surface area contributed by atoms with Gasteiger partial charge in [0.15, 0.2) is 11.8 Å². The molecule has 146 valence electrons. The first-order valence-corrected chi connectivity index (χ1v) is 9.38. The maximum absolute atomic E-state index is 13.1. The third kappa shape index (κ3) is 3.07. The normalized spacial score (nSPS) is 14.7. The summed E-state index contributed by atoms with van der Waals surface area (Å²) in [5.41, 5.74) is 2.77. The van der Waals surface area contributed by atoms with E-state index in [0.717, 1.165) is 17.0 Å². The van der Waals surface area contributed by atoms with Crippen LogP contribution in [0.15, 0.2) is 59.4 Å². The molecule has 1 amide bonds. The molecule has 4 heterocycles. The number of methoxy groups -OCH3 is 1. The van der Waals surface area contributed by atoms with E-state index in [1.807, 2.05) is 30.3 Å². The van der Waals surface area contributed by atoms with E-state index < -0.39 is 0 Å². The Balaban J connectivity index is 1.41. The van der Waals surface area contributed by atoms with E-state index in [1.54, 1.807) is 41.2 Å². The van der Waals surface area contributed by atoms with Crippen LogP contribution in [0.1, 0.15) is 39.4 Å². The maximum atomic E-state index is 13.1. The van der Waals surface area contributed by atoms with Crippen LogP contribution in [0.2, 0.25) is 0 Å². The predicted molar refractivity (Wildman–Crippen MR) is 103 cm³/mol. The van der Waals surface area contributed by atoms with E-state index in [1.165, 1.54) is 0 Å². The fourth-order valence-electron chi connectivity index (χ4n) is 3.66. The average molecular weight is 389 g/mol. The molecule has 29 heavy (non-hydrogen) atoms. The van der Waals surface area contributed by atoms with E-state index in [0.29, 0.717) is 36.6 Å². The van der Waals surface area contributed by atoms with Crippen LogP contribution in [0.3, 0.4) is 0 Å². The number of aromatic nitrogens is 4. The average Bonchev–Trinajstić information content (AvgIpc) is 3.38. The molecule has 1 unspecified atom stereocenters. The Bertz CT molecular complexity index is 1170. The highest BCUT2D eigenvalue weighted by atomic mass is 16.5. The molecule has 8 heteroatoms. The van der Waals surface area contributed by atoms with Gasteiger partial charge in [0.25, 0.3) is 5.91 Å². The van der Waals surface area contributed by atoms with Crippen LogP contribution in [0.4, 0.5) is 0 Å². The molecule has 0 bridgehead atoms. The highest BCUT2D eigenvalue weighted by Gasteiger charge is 2.30. The number of oxazole rings is 1. The van der Waals surface area contributed by atoms with E-state index >= 15 is 0 Å². The largest absolute Gasteiger partial charge is 0.442 e. The SMILES string of the molecule is COC(c1ccccc1)c1nc2c(o1)CCN(C(=O)c1cnn3cccnc13)C2. The van der Waals surface area contributed by atoms with Crippen LogP contribution in [-0.4, -0.2) is 44.0 Å². The topological polar surface area (TPSA) is 85.8 Å². The van der Waals surface area contributed by atoms with Crippen molar-refractivity contribution in [3.05, 3.63) is 83.5 Å². The van der Waals surface area contributed by atoms with Crippen molar-refractivity contribution in [2.24, 2.45) is 0 Å². The lowest BCUT2D eigenvalue weighted by Gasteiger charge is -2.24. The Morgan fingerprint density at radius 1 is 1.24 bits per heavy atom. The molecule has 1 aliphatic rings. The second-order valence-electron chi connectivity index (χ2n) is 6.87. The van der Waals surface area contributed by atoms with Crippen molar-refractivity contribution in [1.82, 2.24) is 24.5 Å². The lowest BCUT2D eigenvalue weighted by Crippen LogP contribution is -2.35. The number of amides is 1. The Morgan fingerprint density at radius 3 is 2.93 bits per heavy atom. The summed E-state index contributed by atoms with van der Waals surface area (Å²) in [6.45, 7) is 0.931. The number of hydrogen-bond donors (Lipinski definition) is 0. The summed E-state index contributed by atoms with van der Waals surface area (Å²) in [4.78, 5) is 23.7. The first-order chi connectivity index (χ1) is 14.2. The van der Waals surface area contributed by atoms with Gasteiger partial charge in [0.1, 0.15) is 17.0 Å². The Morgan fingerprint density at radius 2 is 2.10 bits per heavy atom. The lowest BCUT2D eigenvalue weighted by atomic mass is 10.1. The van der Waals surface area contributed by atoms with Crippen LogP contribution >= 0.6 is 0 Å². The molecular weight excluding hydrogens is 370 g/mol. The smallest absolute Gasteiger partial charge is 0.259 e. The van der Waals surface area contributed by atoms with E-state index in [-0.39, 0.29) is 12.0 Å². The van der Waals surface area contributed by atoms with Crippen LogP contribution in [0, 0.1) is 0 Å². The first kappa shape index (κ1) is 17.6.